The van der Waals surface area contributed by atoms with Crippen molar-refractivity contribution in [2.24, 2.45) is 5.73 Å². The Hall–Kier alpha value is -4.85. The molecule has 260 valence electrons. The predicted molar refractivity (Wildman–Crippen MR) is 179 cm³/mol. The summed E-state index contributed by atoms with van der Waals surface area (Å²) in [5.41, 5.74) is 8.76. The van der Waals surface area contributed by atoms with Gasteiger partial charge in [-0.1, -0.05) is 32.0 Å². The van der Waals surface area contributed by atoms with E-state index < -0.39 is 23.8 Å². The summed E-state index contributed by atoms with van der Waals surface area (Å²) in [6, 6.07) is 15.0. The van der Waals surface area contributed by atoms with Crippen LogP contribution in [-0.4, -0.2) is 95.1 Å². The van der Waals surface area contributed by atoms with Gasteiger partial charge in [-0.25, -0.2) is 0 Å². The second-order valence-electron chi connectivity index (χ2n) is 11.1. The first-order valence-electron chi connectivity index (χ1n) is 15.8. The van der Waals surface area contributed by atoms with Crippen LogP contribution in [0.2, 0.25) is 0 Å². The van der Waals surface area contributed by atoms with Crippen LogP contribution in [0.25, 0.3) is 0 Å². The average Bonchev–Trinajstić information content (AvgIpc) is 3.53. The van der Waals surface area contributed by atoms with Crippen molar-refractivity contribution in [1.29, 1.82) is 0 Å². The molecule has 13 heteroatoms. The van der Waals surface area contributed by atoms with Crippen LogP contribution in [0.4, 0.5) is 0 Å². The maximum atomic E-state index is 13.3. The van der Waals surface area contributed by atoms with Crippen LogP contribution < -0.4 is 25.3 Å². The SMILES string of the molecule is CC.Cc1cc(C[C@@H](CO)NCC(=O)N(CCO)CC(=O)N(CC(N)=O)Cc2ccc3c(c2)OCO3)cc(C)c1Oc1ccc(O)cc1. The van der Waals surface area contributed by atoms with Gasteiger partial charge in [-0.3, -0.25) is 14.4 Å². The molecule has 1 heterocycles. The minimum atomic E-state index is -0.716. The van der Waals surface area contributed by atoms with Gasteiger partial charge in [0.05, 0.1) is 32.8 Å². The van der Waals surface area contributed by atoms with Crippen molar-refractivity contribution in [3.05, 3.63) is 76.9 Å². The van der Waals surface area contributed by atoms with Gasteiger partial charge in [-0.15, -0.1) is 0 Å². The van der Waals surface area contributed by atoms with E-state index in [1.165, 1.54) is 9.80 Å². The Balaban J connectivity index is 0.00000307. The third-order valence-electron chi connectivity index (χ3n) is 7.38. The van der Waals surface area contributed by atoms with Crippen LogP contribution >= 0.6 is 0 Å². The summed E-state index contributed by atoms with van der Waals surface area (Å²) < 4.78 is 16.7. The summed E-state index contributed by atoms with van der Waals surface area (Å²) in [6.45, 7) is 6.28. The van der Waals surface area contributed by atoms with Crippen molar-refractivity contribution in [1.82, 2.24) is 15.1 Å². The number of phenolic OH excluding ortho intramolecular Hbond substituents is 1. The number of hydrogen-bond acceptors (Lipinski definition) is 10. The average molecular weight is 667 g/mol. The highest BCUT2D eigenvalue weighted by molar-refractivity contribution is 5.88. The van der Waals surface area contributed by atoms with Gasteiger partial charge in [-0.05, 0) is 78.9 Å². The summed E-state index contributed by atoms with van der Waals surface area (Å²) in [7, 11) is 0. The molecule has 3 aromatic carbocycles. The number of amides is 3. The number of fused-ring (bicyclic) bond motifs is 1. The Kier molecular flexibility index (Phi) is 14.5. The van der Waals surface area contributed by atoms with Gasteiger partial charge in [0.15, 0.2) is 11.5 Å². The van der Waals surface area contributed by atoms with Crippen LogP contribution in [0.1, 0.15) is 36.1 Å². The van der Waals surface area contributed by atoms with E-state index in [9.17, 15) is 29.7 Å². The van der Waals surface area contributed by atoms with Crippen LogP contribution in [0.5, 0.6) is 28.7 Å². The number of phenols is 1. The van der Waals surface area contributed by atoms with Crippen molar-refractivity contribution in [3.63, 3.8) is 0 Å². The number of carbonyl (C=O) groups is 3. The van der Waals surface area contributed by atoms with E-state index in [2.05, 4.69) is 5.32 Å². The zero-order valence-electron chi connectivity index (χ0n) is 27.9. The number of nitrogens with two attached hydrogens (primary N) is 1. The Morgan fingerprint density at radius 3 is 2.19 bits per heavy atom. The van der Waals surface area contributed by atoms with Gasteiger partial charge in [0.2, 0.25) is 24.5 Å². The van der Waals surface area contributed by atoms with Crippen LogP contribution in [0.15, 0.2) is 54.6 Å². The molecular formula is C35H46N4O9. The molecule has 4 rings (SSSR count). The zero-order valence-corrected chi connectivity index (χ0v) is 27.9. The molecule has 0 aromatic heterocycles. The molecule has 0 bridgehead atoms. The molecule has 48 heavy (non-hydrogen) atoms. The van der Waals surface area contributed by atoms with Crippen molar-refractivity contribution >= 4 is 17.7 Å². The monoisotopic (exact) mass is 666 g/mol. The summed E-state index contributed by atoms with van der Waals surface area (Å²) in [4.78, 5) is 40.6. The lowest BCUT2D eigenvalue weighted by molar-refractivity contribution is -0.142. The summed E-state index contributed by atoms with van der Waals surface area (Å²) in [5.74, 6) is 0.803. The molecule has 6 N–H and O–H groups in total. The zero-order chi connectivity index (χ0) is 35.2. The van der Waals surface area contributed by atoms with E-state index in [1.54, 1.807) is 42.5 Å². The standard InChI is InChI=1S/C33H40N4O9.C2H6/c1-21-11-24(12-22(2)33(21)46-27-6-4-26(40)5-7-27)13-25(19-39)35-15-31(42)36(9-10-38)18-32(43)37(17-30(34)41)16-23-3-8-28-29(14-23)45-20-44-28;1-2/h3-8,11-12,14,25,35,38-40H,9-10,13,15-20H2,1-2H3,(H2,34,41);1-2H3/t25-;/m0./s1. The van der Waals surface area contributed by atoms with E-state index in [-0.39, 0.29) is 58.5 Å². The fourth-order valence-corrected chi connectivity index (χ4v) is 5.14. The Labute approximate surface area is 280 Å². The Bertz CT molecular complexity index is 1510. The van der Waals surface area contributed by atoms with Crippen molar-refractivity contribution < 1.29 is 43.9 Å². The highest BCUT2D eigenvalue weighted by atomic mass is 16.7. The Morgan fingerprint density at radius 2 is 1.56 bits per heavy atom. The maximum absolute atomic E-state index is 13.3. The molecule has 3 amide bonds. The predicted octanol–water partition coefficient (Wildman–Crippen LogP) is 2.38. The minimum absolute atomic E-state index is 0.0437. The van der Waals surface area contributed by atoms with Gasteiger partial charge >= 0.3 is 0 Å². The van der Waals surface area contributed by atoms with Gasteiger partial charge in [0, 0.05) is 19.1 Å². The van der Waals surface area contributed by atoms with Gasteiger partial charge < -0.3 is 50.4 Å². The molecular weight excluding hydrogens is 620 g/mol. The number of nitrogens with one attached hydrogen (secondary N) is 1. The van der Waals surface area contributed by atoms with Gasteiger partial charge in [0.1, 0.15) is 17.2 Å². The molecule has 0 aliphatic carbocycles. The smallest absolute Gasteiger partial charge is 0.242 e. The number of primary amides is 1. The molecule has 0 spiro atoms. The quantitative estimate of drug-likeness (QED) is 0.152. The number of aryl methyl sites for hydroxylation is 2. The van der Waals surface area contributed by atoms with Crippen molar-refractivity contribution in [3.8, 4) is 28.7 Å². The highest BCUT2D eigenvalue weighted by Crippen LogP contribution is 2.33. The van der Waals surface area contributed by atoms with Gasteiger partial charge in [0.25, 0.3) is 0 Å². The Morgan fingerprint density at radius 1 is 0.896 bits per heavy atom. The topological polar surface area (TPSA) is 184 Å². The fourth-order valence-electron chi connectivity index (χ4n) is 5.14. The highest BCUT2D eigenvalue weighted by Gasteiger charge is 2.24. The van der Waals surface area contributed by atoms with E-state index in [0.717, 1.165) is 16.7 Å². The second kappa shape index (κ2) is 18.5. The third kappa shape index (κ3) is 10.9. The van der Waals surface area contributed by atoms with E-state index in [0.29, 0.717) is 35.0 Å². The minimum Gasteiger partial charge on any atom is -0.508 e. The third-order valence-corrected chi connectivity index (χ3v) is 7.38. The number of aliphatic hydroxyl groups is 2. The molecule has 0 radical (unpaired) electrons. The summed E-state index contributed by atoms with van der Waals surface area (Å²) in [6.07, 6.45) is 0.409. The maximum Gasteiger partial charge on any atom is 0.242 e. The lowest BCUT2D eigenvalue weighted by Crippen LogP contribution is -2.49. The largest absolute Gasteiger partial charge is 0.508 e. The first-order chi connectivity index (χ1) is 23.1. The van der Waals surface area contributed by atoms with Crippen molar-refractivity contribution in [2.45, 2.75) is 46.7 Å². The van der Waals surface area contributed by atoms with E-state index in [4.69, 9.17) is 19.9 Å². The molecule has 0 saturated carbocycles. The van der Waals surface area contributed by atoms with Crippen LogP contribution in [-0.2, 0) is 27.3 Å². The molecule has 1 aliphatic heterocycles. The number of hydrogen-bond donors (Lipinski definition) is 5. The second-order valence-corrected chi connectivity index (χ2v) is 11.1. The first kappa shape index (κ1) is 37.6. The first-order valence-corrected chi connectivity index (χ1v) is 15.8. The summed E-state index contributed by atoms with van der Waals surface area (Å²) >= 11 is 0. The molecule has 1 atom stereocenters. The number of ether oxygens (including phenoxy) is 3. The number of carbonyl (C=O) groups excluding carboxylic acids is 3. The fraction of sp³-hybridized carbons (Fsp3) is 0.400. The molecule has 1 aliphatic rings. The molecule has 0 fully saturated rings. The summed E-state index contributed by atoms with van der Waals surface area (Å²) in [5, 5.41) is 32.2. The molecule has 3 aromatic rings. The number of aromatic hydroxyl groups is 1. The van der Waals surface area contributed by atoms with Gasteiger partial charge in [-0.2, -0.15) is 0 Å². The molecule has 0 saturated heterocycles. The number of nitrogens with zero attached hydrogens (tertiary/aromatic N) is 2. The number of rotatable bonds is 16. The number of aliphatic hydroxyl groups excluding tert-OH is 2. The van der Waals surface area contributed by atoms with Crippen LogP contribution in [0.3, 0.4) is 0 Å². The lowest BCUT2D eigenvalue weighted by Gasteiger charge is -2.27. The normalized spacial score (nSPS) is 12.0. The number of benzene rings is 3. The van der Waals surface area contributed by atoms with E-state index in [1.807, 2.05) is 39.8 Å². The lowest BCUT2D eigenvalue weighted by atomic mass is 10.00. The molecule has 0 unspecified atom stereocenters. The van der Waals surface area contributed by atoms with Crippen LogP contribution in [0, 0.1) is 13.8 Å². The molecule has 13 nitrogen and oxygen atoms in total. The van der Waals surface area contributed by atoms with E-state index >= 15 is 0 Å². The van der Waals surface area contributed by atoms with Crippen molar-refractivity contribution in [2.75, 3.05) is 46.2 Å².